The van der Waals surface area contributed by atoms with Crippen LogP contribution in [-0.4, -0.2) is 20.1 Å². The van der Waals surface area contributed by atoms with Crippen LogP contribution in [0.2, 0.25) is 0 Å². The van der Waals surface area contributed by atoms with Crippen LogP contribution >= 0.6 is 0 Å². The average Bonchev–Trinajstić information content (AvgIpc) is 2.52. The zero-order valence-electron chi connectivity index (χ0n) is 13.2. The second kappa shape index (κ2) is 7.50. The Morgan fingerprint density at radius 1 is 1.05 bits per heavy atom. The van der Waals surface area contributed by atoms with Crippen LogP contribution in [0.5, 0.6) is 11.5 Å². The molecule has 22 heavy (non-hydrogen) atoms. The van der Waals surface area contributed by atoms with Gasteiger partial charge in [0.2, 0.25) is 5.91 Å². The Bertz CT molecular complexity index is 653. The van der Waals surface area contributed by atoms with Crippen molar-refractivity contribution in [2.75, 3.05) is 19.5 Å². The second-order valence-electron chi connectivity index (χ2n) is 5.11. The largest absolute Gasteiger partial charge is 0.493 e. The molecule has 1 N–H and O–H groups in total. The molecule has 0 aromatic heterocycles. The predicted octanol–water partition coefficient (Wildman–Crippen LogP) is 3.58. The zero-order chi connectivity index (χ0) is 15.9. The van der Waals surface area contributed by atoms with Gasteiger partial charge in [-0.2, -0.15) is 0 Å². The second-order valence-corrected chi connectivity index (χ2v) is 5.11. The molecule has 0 radical (unpaired) electrons. The first-order chi connectivity index (χ1) is 10.6. The molecule has 116 valence electrons. The third-order valence-corrected chi connectivity index (χ3v) is 3.39. The summed E-state index contributed by atoms with van der Waals surface area (Å²) in [4.78, 5) is 12.0. The number of benzene rings is 2. The number of anilines is 1. The number of ether oxygens (including phenoxy) is 2. The maximum absolute atomic E-state index is 12.0. The van der Waals surface area contributed by atoms with Crippen molar-refractivity contribution in [3.05, 3.63) is 53.6 Å². The lowest BCUT2D eigenvalue weighted by Gasteiger charge is -2.10. The maximum atomic E-state index is 12.0. The number of aryl methyl sites for hydroxylation is 2. The summed E-state index contributed by atoms with van der Waals surface area (Å²) in [6.07, 6.45) is 1.07. The van der Waals surface area contributed by atoms with Crippen LogP contribution in [0.25, 0.3) is 0 Å². The minimum Gasteiger partial charge on any atom is -0.493 e. The summed E-state index contributed by atoms with van der Waals surface area (Å²) in [5.41, 5.74) is 2.99. The molecule has 0 heterocycles. The fourth-order valence-electron chi connectivity index (χ4n) is 2.24. The van der Waals surface area contributed by atoms with Gasteiger partial charge in [0.25, 0.3) is 0 Å². The zero-order valence-corrected chi connectivity index (χ0v) is 13.2. The number of carbonyl (C=O) groups excluding carboxylic acids is 1. The molecule has 1 amide bonds. The molecule has 4 nitrogen and oxygen atoms in total. The Kier molecular flexibility index (Phi) is 5.42. The molecule has 0 aliphatic rings. The van der Waals surface area contributed by atoms with E-state index in [9.17, 15) is 4.79 Å². The van der Waals surface area contributed by atoms with E-state index in [0.29, 0.717) is 24.3 Å². The van der Waals surface area contributed by atoms with Gasteiger partial charge in [-0.25, -0.2) is 0 Å². The fourth-order valence-corrected chi connectivity index (χ4v) is 2.24. The van der Waals surface area contributed by atoms with Crippen LogP contribution < -0.4 is 14.8 Å². The van der Waals surface area contributed by atoms with E-state index in [2.05, 4.69) is 5.32 Å². The number of amides is 1. The highest BCUT2D eigenvalue weighted by atomic mass is 16.5. The summed E-state index contributed by atoms with van der Waals surface area (Å²) >= 11 is 0. The minimum absolute atomic E-state index is 0.000356. The molecule has 2 aromatic rings. The smallest absolute Gasteiger partial charge is 0.224 e. The first-order valence-corrected chi connectivity index (χ1v) is 7.20. The summed E-state index contributed by atoms with van der Waals surface area (Å²) in [7, 11) is 3.21. The predicted molar refractivity (Wildman–Crippen MR) is 87.7 cm³/mol. The molecular weight excluding hydrogens is 278 g/mol. The molecule has 0 saturated heterocycles. The standard InChI is InChI=1S/C18H21NO3/c1-13-5-4-6-15(11-13)19-18(20)10-8-14-7-9-16(21-2)17(12-14)22-3/h4-7,9,11-12H,8,10H2,1-3H3,(H,19,20). The van der Waals surface area contributed by atoms with E-state index in [1.807, 2.05) is 49.4 Å². The van der Waals surface area contributed by atoms with Crippen molar-refractivity contribution in [2.24, 2.45) is 0 Å². The van der Waals surface area contributed by atoms with E-state index >= 15 is 0 Å². The lowest BCUT2D eigenvalue weighted by molar-refractivity contribution is -0.116. The summed E-state index contributed by atoms with van der Waals surface area (Å²) < 4.78 is 10.5. The van der Waals surface area contributed by atoms with Gasteiger partial charge < -0.3 is 14.8 Å². The molecule has 2 rings (SSSR count). The number of rotatable bonds is 6. The van der Waals surface area contributed by atoms with E-state index in [-0.39, 0.29) is 5.91 Å². The molecule has 4 heteroatoms. The third kappa shape index (κ3) is 4.25. The van der Waals surface area contributed by atoms with Crippen molar-refractivity contribution in [1.82, 2.24) is 0 Å². The van der Waals surface area contributed by atoms with E-state index in [4.69, 9.17) is 9.47 Å². The van der Waals surface area contributed by atoms with Gasteiger partial charge in [0.05, 0.1) is 14.2 Å². The van der Waals surface area contributed by atoms with Crippen LogP contribution in [0, 0.1) is 6.92 Å². The van der Waals surface area contributed by atoms with Crippen molar-refractivity contribution >= 4 is 11.6 Å². The Morgan fingerprint density at radius 3 is 2.50 bits per heavy atom. The number of carbonyl (C=O) groups is 1. The lowest BCUT2D eigenvalue weighted by atomic mass is 10.1. The number of methoxy groups -OCH3 is 2. The Balaban J connectivity index is 1.93. The van der Waals surface area contributed by atoms with Crippen LogP contribution in [0.3, 0.4) is 0 Å². The maximum Gasteiger partial charge on any atom is 0.224 e. The molecule has 0 spiro atoms. The van der Waals surface area contributed by atoms with Crippen LogP contribution in [0.15, 0.2) is 42.5 Å². The van der Waals surface area contributed by atoms with Gasteiger partial charge >= 0.3 is 0 Å². The Labute approximate surface area is 131 Å². The van der Waals surface area contributed by atoms with Gasteiger partial charge in [-0.05, 0) is 48.7 Å². The third-order valence-electron chi connectivity index (χ3n) is 3.39. The van der Waals surface area contributed by atoms with Gasteiger partial charge in [-0.15, -0.1) is 0 Å². The number of hydrogen-bond donors (Lipinski definition) is 1. The van der Waals surface area contributed by atoms with Gasteiger partial charge in [0.15, 0.2) is 11.5 Å². The molecule has 2 aromatic carbocycles. The van der Waals surface area contributed by atoms with Crippen molar-refractivity contribution in [1.29, 1.82) is 0 Å². The van der Waals surface area contributed by atoms with Crippen LogP contribution in [0.1, 0.15) is 17.5 Å². The molecule has 0 aliphatic heterocycles. The Morgan fingerprint density at radius 2 is 1.82 bits per heavy atom. The van der Waals surface area contributed by atoms with Crippen molar-refractivity contribution in [2.45, 2.75) is 19.8 Å². The topological polar surface area (TPSA) is 47.6 Å². The van der Waals surface area contributed by atoms with E-state index in [1.54, 1.807) is 14.2 Å². The first kappa shape index (κ1) is 15.9. The van der Waals surface area contributed by atoms with Gasteiger partial charge in [-0.1, -0.05) is 18.2 Å². The van der Waals surface area contributed by atoms with Crippen LogP contribution in [-0.2, 0) is 11.2 Å². The van der Waals surface area contributed by atoms with Crippen molar-refractivity contribution in [3.8, 4) is 11.5 Å². The van der Waals surface area contributed by atoms with E-state index in [0.717, 1.165) is 16.8 Å². The Hall–Kier alpha value is -2.49. The molecule has 0 unspecified atom stereocenters. The van der Waals surface area contributed by atoms with E-state index < -0.39 is 0 Å². The molecule has 0 aliphatic carbocycles. The summed E-state index contributed by atoms with van der Waals surface area (Å²) in [6, 6.07) is 13.5. The van der Waals surface area contributed by atoms with Crippen LogP contribution in [0.4, 0.5) is 5.69 Å². The minimum atomic E-state index is 0.000356. The highest BCUT2D eigenvalue weighted by Gasteiger charge is 2.07. The normalized spacial score (nSPS) is 10.1. The van der Waals surface area contributed by atoms with Gasteiger partial charge in [-0.3, -0.25) is 4.79 Å². The molecule has 0 fully saturated rings. The van der Waals surface area contributed by atoms with Gasteiger partial charge in [0, 0.05) is 12.1 Å². The van der Waals surface area contributed by atoms with Crippen molar-refractivity contribution in [3.63, 3.8) is 0 Å². The SMILES string of the molecule is COc1ccc(CCC(=O)Nc2cccc(C)c2)cc1OC. The lowest BCUT2D eigenvalue weighted by Crippen LogP contribution is -2.12. The summed E-state index contributed by atoms with van der Waals surface area (Å²) in [5.74, 6) is 1.37. The molecule has 0 bridgehead atoms. The highest BCUT2D eigenvalue weighted by molar-refractivity contribution is 5.90. The van der Waals surface area contributed by atoms with Gasteiger partial charge in [0.1, 0.15) is 0 Å². The first-order valence-electron chi connectivity index (χ1n) is 7.20. The molecule has 0 atom stereocenters. The monoisotopic (exact) mass is 299 g/mol. The molecule has 0 saturated carbocycles. The summed E-state index contributed by atoms with van der Waals surface area (Å²) in [5, 5.41) is 2.91. The quantitative estimate of drug-likeness (QED) is 0.887. The van der Waals surface area contributed by atoms with E-state index in [1.165, 1.54) is 0 Å². The molecular formula is C18H21NO3. The van der Waals surface area contributed by atoms with Crippen molar-refractivity contribution < 1.29 is 14.3 Å². The average molecular weight is 299 g/mol. The highest BCUT2D eigenvalue weighted by Crippen LogP contribution is 2.28. The number of hydrogen-bond acceptors (Lipinski definition) is 3. The number of nitrogens with one attached hydrogen (secondary N) is 1. The summed E-state index contributed by atoms with van der Waals surface area (Å²) in [6.45, 7) is 2.00. The fraction of sp³-hybridized carbons (Fsp3) is 0.278.